The van der Waals surface area contributed by atoms with Crippen LogP contribution in [0.5, 0.6) is 0 Å². The molecule has 2 rings (SSSR count). The van der Waals surface area contributed by atoms with Crippen molar-refractivity contribution in [1.82, 2.24) is 4.72 Å². The Balaban J connectivity index is 2.02. The second-order valence-corrected chi connectivity index (χ2v) is 8.21. The molecule has 6 heteroatoms. The molecule has 108 valence electrons. The lowest BCUT2D eigenvalue weighted by molar-refractivity contribution is 0.300. The van der Waals surface area contributed by atoms with Crippen LogP contribution in [0.1, 0.15) is 37.5 Å². The van der Waals surface area contributed by atoms with Crippen molar-refractivity contribution >= 4 is 21.4 Å². The van der Waals surface area contributed by atoms with Crippen molar-refractivity contribution in [2.75, 3.05) is 6.61 Å². The van der Waals surface area contributed by atoms with E-state index in [1.807, 2.05) is 6.92 Å². The zero-order valence-electron chi connectivity index (χ0n) is 11.1. The lowest BCUT2D eigenvalue weighted by Gasteiger charge is -2.15. The highest BCUT2D eigenvalue weighted by Gasteiger charge is 2.28. The number of thiophene rings is 1. The van der Waals surface area contributed by atoms with Gasteiger partial charge >= 0.3 is 0 Å². The Morgan fingerprint density at radius 1 is 1.47 bits per heavy atom. The molecular formula is C13H21NO3S2. The van der Waals surface area contributed by atoms with Gasteiger partial charge in [-0.25, -0.2) is 13.1 Å². The minimum atomic E-state index is -3.40. The van der Waals surface area contributed by atoms with Crippen molar-refractivity contribution in [3.63, 3.8) is 0 Å². The van der Waals surface area contributed by atoms with Crippen molar-refractivity contribution < 1.29 is 13.5 Å². The Labute approximate surface area is 118 Å². The van der Waals surface area contributed by atoms with E-state index in [1.165, 1.54) is 24.2 Å². The zero-order valence-corrected chi connectivity index (χ0v) is 12.8. The Hall–Kier alpha value is -0.430. The molecule has 0 radical (unpaired) electrons. The van der Waals surface area contributed by atoms with E-state index in [-0.39, 0.29) is 12.6 Å². The summed E-state index contributed by atoms with van der Waals surface area (Å²) < 4.78 is 27.7. The Morgan fingerprint density at radius 2 is 2.21 bits per heavy atom. The summed E-state index contributed by atoms with van der Waals surface area (Å²) in [6, 6.07) is 3.44. The number of nitrogens with one attached hydrogen (secondary N) is 1. The molecule has 1 aliphatic rings. The van der Waals surface area contributed by atoms with E-state index in [9.17, 15) is 8.42 Å². The quantitative estimate of drug-likeness (QED) is 0.773. The maximum Gasteiger partial charge on any atom is 0.250 e. The van der Waals surface area contributed by atoms with Crippen LogP contribution in [0.15, 0.2) is 16.3 Å². The standard InChI is InChI=1S/C13H21NO3S2/c1-2-11(9-10-3-4-10)14-19(16,17)13-6-5-12(18-13)7-8-15/h5-6,10-11,14-15H,2-4,7-9H2,1H3. The molecule has 1 heterocycles. The third kappa shape index (κ3) is 4.27. The van der Waals surface area contributed by atoms with E-state index in [0.29, 0.717) is 16.5 Å². The van der Waals surface area contributed by atoms with E-state index in [2.05, 4.69) is 4.72 Å². The number of hydrogen-bond donors (Lipinski definition) is 2. The van der Waals surface area contributed by atoms with Gasteiger partial charge < -0.3 is 5.11 Å². The molecule has 1 aliphatic carbocycles. The van der Waals surface area contributed by atoms with Crippen LogP contribution in [0.4, 0.5) is 0 Å². The third-order valence-electron chi connectivity index (χ3n) is 3.39. The number of rotatable bonds is 8. The summed E-state index contributed by atoms with van der Waals surface area (Å²) in [5, 5.41) is 8.86. The van der Waals surface area contributed by atoms with Crippen LogP contribution < -0.4 is 4.72 Å². The number of aliphatic hydroxyl groups excluding tert-OH is 1. The van der Waals surface area contributed by atoms with E-state index in [4.69, 9.17) is 5.11 Å². The molecule has 0 amide bonds. The van der Waals surface area contributed by atoms with E-state index >= 15 is 0 Å². The smallest absolute Gasteiger partial charge is 0.250 e. The maximum absolute atomic E-state index is 12.3. The number of aliphatic hydroxyl groups is 1. The first kappa shape index (κ1) is 15.0. The normalized spacial score (nSPS) is 17.6. The largest absolute Gasteiger partial charge is 0.396 e. The fourth-order valence-corrected chi connectivity index (χ4v) is 4.77. The minimum absolute atomic E-state index is 0.0425. The van der Waals surface area contributed by atoms with Gasteiger partial charge in [0.15, 0.2) is 0 Å². The fraction of sp³-hybridized carbons (Fsp3) is 0.692. The van der Waals surface area contributed by atoms with Crippen molar-refractivity contribution in [1.29, 1.82) is 0 Å². The van der Waals surface area contributed by atoms with Gasteiger partial charge in [-0.15, -0.1) is 11.3 Å². The molecule has 1 unspecified atom stereocenters. The van der Waals surface area contributed by atoms with Crippen molar-refractivity contribution in [2.45, 2.75) is 49.3 Å². The zero-order chi connectivity index (χ0) is 13.9. The van der Waals surface area contributed by atoms with Crippen LogP contribution in [0.25, 0.3) is 0 Å². The summed E-state index contributed by atoms with van der Waals surface area (Å²) in [7, 11) is -3.40. The van der Waals surface area contributed by atoms with Gasteiger partial charge in [0.1, 0.15) is 4.21 Å². The molecule has 2 N–H and O–H groups in total. The Bertz CT molecular complexity index is 506. The van der Waals surface area contributed by atoms with Gasteiger partial charge in [-0.1, -0.05) is 19.8 Å². The number of sulfonamides is 1. The summed E-state index contributed by atoms with van der Waals surface area (Å²) in [4.78, 5) is 0.901. The van der Waals surface area contributed by atoms with Crippen molar-refractivity contribution in [2.24, 2.45) is 5.92 Å². The highest BCUT2D eigenvalue weighted by atomic mass is 32.2. The molecule has 4 nitrogen and oxygen atoms in total. The summed E-state index contributed by atoms with van der Waals surface area (Å²) in [5.74, 6) is 0.709. The average molecular weight is 303 g/mol. The molecule has 0 saturated heterocycles. The van der Waals surface area contributed by atoms with Gasteiger partial charge in [-0.05, 0) is 30.9 Å². The molecule has 0 aliphatic heterocycles. The molecule has 1 aromatic rings. The van der Waals surface area contributed by atoms with Crippen molar-refractivity contribution in [3.05, 3.63) is 17.0 Å². The molecular weight excluding hydrogens is 282 g/mol. The lowest BCUT2D eigenvalue weighted by Crippen LogP contribution is -2.34. The first-order valence-corrected chi connectivity index (χ1v) is 9.07. The average Bonchev–Trinajstić information content (AvgIpc) is 3.04. The van der Waals surface area contributed by atoms with Crippen molar-refractivity contribution in [3.8, 4) is 0 Å². The summed E-state index contributed by atoms with van der Waals surface area (Å²) in [6.45, 7) is 2.06. The van der Waals surface area contributed by atoms with Crippen LogP contribution in [0, 0.1) is 5.92 Å². The molecule has 0 spiro atoms. The molecule has 1 saturated carbocycles. The first-order chi connectivity index (χ1) is 9.05. The Kier molecular flexibility index (Phi) is 5.00. The lowest BCUT2D eigenvalue weighted by atomic mass is 10.1. The van der Waals surface area contributed by atoms with Gasteiger partial charge in [-0.2, -0.15) is 0 Å². The topological polar surface area (TPSA) is 66.4 Å². The van der Waals surface area contributed by atoms with E-state index in [1.54, 1.807) is 12.1 Å². The predicted molar refractivity (Wildman–Crippen MR) is 76.9 cm³/mol. The van der Waals surface area contributed by atoms with Gasteiger partial charge in [0.25, 0.3) is 0 Å². The first-order valence-electron chi connectivity index (χ1n) is 6.77. The van der Waals surface area contributed by atoms with E-state index in [0.717, 1.165) is 17.7 Å². The van der Waals surface area contributed by atoms with Crippen LogP contribution in [0.2, 0.25) is 0 Å². The second-order valence-electron chi connectivity index (χ2n) is 5.10. The SMILES string of the molecule is CCC(CC1CC1)NS(=O)(=O)c1ccc(CCO)s1. The Morgan fingerprint density at radius 3 is 2.79 bits per heavy atom. The van der Waals surface area contributed by atoms with Crippen LogP contribution in [0.3, 0.4) is 0 Å². The highest BCUT2D eigenvalue weighted by Crippen LogP contribution is 2.34. The minimum Gasteiger partial charge on any atom is -0.396 e. The van der Waals surface area contributed by atoms with E-state index < -0.39 is 10.0 Å². The molecule has 19 heavy (non-hydrogen) atoms. The molecule has 1 atom stereocenters. The summed E-state index contributed by atoms with van der Waals surface area (Å²) in [6.07, 6.45) is 4.75. The van der Waals surface area contributed by atoms with Gasteiger partial charge in [0.2, 0.25) is 10.0 Å². The second kappa shape index (κ2) is 6.35. The summed E-state index contributed by atoms with van der Waals surface area (Å²) in [5.41, 5.74) is 0. The highest BCUT2D eigenvalue weighted by molar-refractivity contribution is 7.91. The van der Waals surface area contributed by atoms with Crippen LogP contribution in [-0.2, 0) is 16.4 Å². The van der Waals surface area contributed by atoms with Crippen LogP contribution >= 0.6 is 11.3 Å². The monoisotopic (exact) mass is 303 g/mol. The van der Waals surface area contributed by atoms with Crippen LogP contribution in [-0.4, -0.2) is 26.2 Å². The summed E-state index contributed by atoms with van der Waals surface area (Å²) >= 11 is 1.24. The van der Waals surface area contributed by atoms with Gasteiger partial charge in [0, 0.05) is 23.9 Å². The third-order valence-corrected chi connectivity index (χ3v) is 6.55. The maximum atomic E-state index is 12.3. The molecule has 0 bridgehead atoms. The predicted octanol–water partition coefficient (Wildman–Crippen LogP) is 2.14. The number of hydrogen-bond acceptors (Lipinski definition) is 4. The molecule has 1 aromatic heterocycles. The van der Waals surface area contributed by atoms with Gasteiger partial charge in [-0.3, -0.25) is 0 Å². The molecule has 0 aromatic carbocycles. The van der Waals surface area contributed by atoms with Gasteiger partial charge in [0.05, 0.1) is 0 Å². The molecule has 1 fully saturated rings. The fourth-order valence-electron chi connectivity index (χ4n) is 2.08.